The minimum atomic E-state index is 0.846. The van der Waals surface area contributed by atoms with Crippen LogP contribution in [0.4, 0.5) is 5.82 Å². The first-order valence-corrected chi connectivity index (χ1v) is 7.80. The van der Waals surface area contributed by atoms with Crippen LogP contribution in [0.5, 0.6) is 0 Å². The molecule has 1 fully saturated rings. The van der Waals surface area contributed by atoms with Crippen molar-refractivity contribution >= 4 is 21.7 Å². The molecular formula is C14H22BrN3. The van der Waals surface area contributed by atoms with Crippen LogP contribution in [0.25, 0.3) is 0 Å². The number of aryl methyl sites for hydroxylation is 1. The van der Waals surface area contributed by atoms with Gasteiger partial charge in [0.15, 0.2) is 0 Å². The molecule has 100 valence electrons. The number of anilines is 1. The van der Waals surface area contributed by atoms with Crippen LogP contribution >= 0.6 is 15.9 Å². The molecule has 0 spiro atoms. The zero-order valence-corrected chi connectivity index (χ0v) is 12.9. The molecule has 3 nitrogen and oxygen atoms in total. The van der Waals surface area contributed by atoms with E-state index in [-0.39, 0.29) is 0 Å². The number of hydrogen-bond donors (Lipinski definition) is 0. The largest absolute Gasteiger partial charge is 0.356 e. The van der Waals surface area contributed by atoms with Crippen LogP contribution in [0.15, 0.2) is 10.7 Å². The third-order valence-electron chi connectivity index (χ3n) is 3.51. The summed E-state index contributed by atoms with van der Waals surface area (Å²) >= 11 is 3.50. The maximum absolute atomic E-state index is 4.68. The van der Waals surface area contributed by atoms with E-state index >= 15 is 0 Å². The van der Waals surface area contributed by atoms with Gasteiger partial charge >= 0.3 is 0 Å². The fourth-order valence-corrected chi connectivity index (χ4v) is 3.04. The molecule has 0 saturated carbocycles. The molecule has 2 rings (SSSR count). The van der Waals surface area contributed by atoms with E-state index in [1.807, 2.05) is 6.07 Å². The maximum atomic E-state index is 4.68. The summed E-state index contributed by atoms with van der Waals surface area (Å²) in [7, 11) is 0. The molecule has 1 aliphatic rings. The van der Waals surface area contributed by atoms with Crippen molar-refractivity contribution in [2.75, 3.05) is 18.0 Å². The van der Waals surface area contributed by atoms with Crippen LogP contribution in [0.3, 0.4) is 0 Å². The first-order chi connectivity index (χ1) is 8.72. The van der Waals surface area contributed by atoms with Gasteiger partial charge in [-0.15, -0.1) is 0 Å². The van der Waals surface area contributed by atoms with E-state index in [4.69, 9.17) is 0 Å². The molecule has 0 radical (unpaired) electrons. The fourth-order valence-electron chi connectivity index (χ4n) is 2.63. The summed E-state index contributed by atoms with van der Waals surface area (Å²) in [5, 5.41) is 0. The molecule has 1 aromatic heterocycles. The Morgan fingerprint density at radius 1 is 1.33 bits per heavy atom. The van der Waals surface area contributed by atoms with Crippen molar-refractivity contribution in [2.45, 2.75) is 46.0 Å². The Hall–Kier alpha value is -0.640. The van der Waals surface area contributed by atoms with Gasteiger partial charge in [-0.2, -0.15) is 0 Å². The summed E-state index contributed by atoms with van der Waals surface area (Å²) in [5.41, 5.74) is 0. The third-order valence-corrected chi connectivity index (χ3v) is 3.91. The predicted molar refractivity (Wildman–Crippen MR) is 79.0 cm³/mol. The van der Waals surface area contributed by atoms with Crippen LogP contribution in [-0.4, -0.2) is 23.1 Å². The highest BCUT2D eigenvalue weighted by atomic mass is 79.9. The number of nitrogens with zero attached hydrogens (tertiary/aromatic N) is 3. The lowest BCUT2D eigenvalue weighted by atomic mass is 10.0. The van der Waals surface area contributed by atoms with Crippen molar-refractivity contribution in [1.82, 2.24) is 9.97 Å². The standard InChI is InChI=1S/C14H22BrN3/c1-3-5-11-7-8-18(10-11)14-9-12(15)16-13(17-14)6-4-2/h9,11H,3-8,10H2,1-2H3. The Kier molecular flexibility index (Phi) is 4.98. The van der Waals surface area contributed by atoms with Gasteiger partial charge in [0.05, 0.1) is 0 Å². The van der Waals surface area contributed by atoms with E-state index < -0.39 is 0 Å². The van der Waals surface area contributed by atoms with Gasteiger partial charge in [0.25, 0.3) is 0 Å². The topological polar surface area (TPSA) is 29.0 Å². The summed E-state index contributed by atoms with van der Waals surface area (Å²) in [6.45, 7) is 6.73. The van der Waals surface area contributed by atoms with Crippen LogP contribution < -0.4 is 4.90 Å². The van der Waals surface area contributed by atoms with Gasteiger partial charge in [-0.3, -0.25) is 0 Å². The summed E-state index contributed by atoms with van der Waals surface area (Å²) in [6, 6.07) is 2.05. The molecule has 0 bridgehead atoms. The van der Waals surface area contributed by atoms with Crippen LogP contribution in [0.2, 0.25) is 0 Å². The van der Waals surface area contributed by atoms with Gasteiger partial charge in [-0.1, -0.05) is 20.3 Å². The van der Waals surface area contributed by atoms with E-state index in [0.29, 0.717) is 0 Å². The Morgan fingerprint density at radius 3 is 2.89 bits per heavy atom. The molecule has 0 amide bonds. The second-order valence-electron chi connectivity index (χ2n) is 5.10. The lowest BCUT2D eigenvalue weighted by molar-refractivity contribution is 0.529. The summed E-state index contributed by atoms with van der Waals surface area (Å²) in [5.74, 6) is 2.90. The molecule has 2 heterocycles. The van der Waals surface area contributed by atoms with Gasteiger partial charge in [-0.05, 0) is 41.1 Å². The van der Waals surface area contributed by atoms with Crippen molar-refractivity contribution in [2.24, 2.45) is 5.92 Å². The quantitative estimate of drug-likeness (QED) is 0.774. The smallest absolute Gasteiger partial charge is 0.133 e. The Balaban J connectivity index is 2.08. The molecule has 1 unspecified atom stereocenters. The number of aromatic nitrogens is 2. The molecule has 1 aliphatic heterocycles. The van der Waals surface area contributed by atoms with Crippen LogP contribution in [-0.2, 0) is 6.42 Å². The van der Waals surface area contributed by atoms with Crippen molar-refractivity contribution in [3.05, 3.63) is 16.5 Å². The van der Waals surface area contributed by atoms with E-state index in [1.165, 1.54) is 19.3 Å². The van der Waals surface area contributed by atoms with Crippen molar-refractivity contribution in [3.63, 3.8) is 0 Å². The van der Waals surface area contributed by atoms with Gasteiger partial charge in [0.2, 0.25) is 0 Å². The minimum Gasteiger partial charge on any atom is -0.356 e. The van der Waals surface area contributed by atoms with Gasteiger partial charge < -0.3 is 4.90 Å². The Labute approximate surface area is 118 Å². The molecule has 1 aromatic rings. The van der Waals surface area contributed by atoms with Crippen LogP contribution in [0.1, 0.15) is 45.4 Å². The van der Waals surface area contributed by atoms with Crippen molar-refractivity contribution in [1.29, 1.82) is 0 Å². The number of halogens is 1. The second-order valence-corrected chi connectivity index (χ2v) is 5.92. The highest BCUT2D eigenvalue weighted by Gasteiger charge is 2.23. The summed E-state index contributed by atoms with van der Waals surface area (Å²) in [4.78, 5) is 11.5. The number of hydrogen-bond acceptors (Lipinski definition) is 3. The molecule has 0 aromatic carbocycles. The predicted octanol–water partition coefficient (Wildman–Crippen LogP) is 3.82. The second kappa shape index (κ2) is 6.50. The maximum Gasteiger partial charge on any atom is 0.133 e. The first kappa shape index (κ1) is 13.8. The van der Waals surface area contributed by atoms with E-state index in [1.54, 1.807) is 0 Å². The molecule has 0 aliphatic carbocycles. The van der Waals surface area contributed by atoms with Gasteiger partial charge in [-0.25, -0.2) is 9.97 Å². The van der Waals surface area contributed by atoms with Gasteiger partial charge in [0, 0.05) is 25.6 Å². The fraction of sp³-hybridized carbons (Fsp3) is 0.714. The number of rotatable bonds is 5. The van der Waals surface area contributed by atoms with E-state index in [2.05, 4.69) is 44.6 Å². The zero-order valence-electron chi connectivity index (χ0n) is 11.3. The molecular weight excluding hydrogens is 290 g/mol. The monoisotopic (exact) mass is 311 g/mol. The third kappa shape index (κ3) is 3.44. The average Bonchev–Trinajstić information content (AvgIpc) is 2.78. The summed E-state index contributed by atoms with van der Waals surface area (Å²) < 4.78 is 0.912. The molecule has 4 heteroatoms. The van der Waals surface area contributed by atoms with Gasteiger partial charge in [0.1, 0.15) is 16.2 Å². The van der Waals surface area contributed by atoms with E-state index in [9.17, 15) is 0 Å². The molecule has 18 heavy (non-hydrogen) atoms. The average molecular weight is 312 g/mol. The van der Waals surface area contributed by atoms with Crippen molar-refractivity contribution < 1.29 is 0 Å². The van der Waals surface area contributed by atoms with Crippen molar-refractivity contribution in [3.8, 4) is 0 Å². The summed E-state index contributed by atoms with van der Waals surface area (Å²) in [6.07, 6.45) is 5.98. The molecule has 1 saturated heterocycles. The van der Waals surface area contributed by atoms with Crippen LogP contribution in [0, 0.1) is 5.92 Å². The lowest BCUT2D eigenvalue weighted by Gasteiger charge is -2.18. The lowest BCUT2D eigenvalue weighted by Crippen LogP contribution is -2.21. The minimum absolute atomic E-state index is 0.846. The normalized spacial score (nSPS) is 19.5. The first-order valence-electron chi connectivity index (χ1n) is 7.01. The molecule has 1 atom stereocenters. The zero-order chi connectivity index (χ0) is 13.0. The molecule has 0 N–H and O–H groups in total. The van der Waals surface area contributed by atoms with E-state index in [0.717, 1.165) is 48.1 Å². The Morgan fingerprint density at radius 2 is 2.17 bits per heavy atom. The SMILES string of the molecule is CCCc1nc(Br)cc(N2CCC(CCC)C2)n1. The Bertz CT molecular complexity index is 395. The highest BCUT2D eigenvalue weighted by molar-refractivity contribution is 9.10. The highest BCUT2D eigenvalue weighted by Crippen LogP contribution is 2.26.